The van der Waals surface area contributed by atoms with Gasteiger partial charge in [-0.25, -0.2) is 30.0 Å². The summed E-state index contributed by atoms with van der Waals surface area (Å²) in [4.78, 5) is 46.9. The summed E-state index contributed by atoms with van der Waals surface area (Å²) in [6.07, 6.45) is 5.05. The van der Waals surface area contributed by atoms with Gasteiger partial charge in [-0.05, 0) is 24.8 Å². The number of hydrogen-bond donors (Lipinski definition) is 5. The molecule has 0 aliphatic heterocycles. The number of nitrogens with two attached hydrogens (primary N) is 2. The van der Waals surface area contributed by atoms with Crippen LogP contribution in [0, 0.1) is 16.2 Å². The molecule has 0 spiro atoms. The molecule has 7 N–H and O–H groups in total. The van der Waals surface area contributed by atoms with E-state index in [9.17, 15) is 14.4 Å². The molecule has 23 heavy (non-hydrogen) atoms. The number of isocyanates is 2. The Morgan fingerprint density at radius 1 is 1.13 bits per heavy atom. The van der Waals surface area contributed by atoms with Crippen LogP contribution in [-0.2, 0) is 14.4 Å². The molecular formula is C13H21N5O5. The molecule has 10 nitrogen and oxygen atoms in total. The molecule has 0 aromatic rings. The van der Waals surface area contributed by atoms with Gasteiger partial charge in [0.15, 0.2) is 5.78 Å². The summed E-state index contributed by atoms with van der Waals surface area (Å²) in [5, 5.41) is 12.4. The standard InChI is InChI=1S/C9H14O.C2H5N3O2.2CHNO/c1-7-4-8(10)6-9(2,3)5-7;3-1(6)5-2(4)7;2*2-1-3/h4H,5-6H2,1-3H3;(H5,3,4,5,6,7);2*2H. The predicted molar refractivity (Wildman–Crippen MR) is 80.9 cm³/mol. The SMILES string of the molecule is CC1=CC(=O)CC(C)(C)C1.N=C=O.N=C=O.NC(=O)NC(N)=O. The third-order valence-corrected chi connectivity index (χ3v) is 2.06. The van der Waals surface area contributed by atoms with E-state index < -0.39 is 12.1 Å². The van der Waals surface area contributed by atoms with Crippen LogP contribution in [0.5, 0.6) is 0 Å². The first-order valence-electron chi connectivity index (χ1n) is 6.09. The first-order valence-corrected chi connectivity index (χ1v) is 6.09. The fourth-order valence-electron chi connectivity index (χ4n) is 1.79. The first-order chi connectivity index (χ1) is 10.4. The van der Waals surface area contributed by atoms with Crippen molar-refractivity contribution in [2.24, 2.45) is 16.9 Å². The molecule has 1 aliphatic carbocycles. The van der Waals surface area contributed by atoms with Crippen molar-refractivity contribution in [3.05, 3.63) is 11.6 Å². The van der Waals surface area contributed by atoms with Gasteiger partial charge in [-0.2, -0.15) is 0 Å². The summed E-state index contributed by atoms with van der Waals surface area (Å²) in [7, 11) is 0. The largest absolute Gasteiger partial charge is 0.351 e. The molecule has 0 bridgehead atoms. The van der Waals surface area contributed by atoms with Crippen LogP contribution in [0.4, 0.5) is 9.59 Å². The summed E-state index contributed by atoms with van der Waals surface area (Å²) in [6, 6.07) is -1.88. The Bertz CT molecular complexity index is 489. The van der Waals surface area contributed by atoms with E-state index >= 15 is 0 Å². The molecule has 4 amide bonds. The Balaban J connectivity index is -0.000000269. The number of nitrogens with one attached hydrogen (secondary N) is 3. The van der Waals surface area contributed by atoms with Crippen LogP contribution in [0.1, 0.15) is 33.6 Å². The molecule has 10 heteroatoms. The van der Waals surface area contributed by atoms with E-state index in [1.807, 2.05) is 6.92 Å². The maximum absolute atomic E-state index is 11.0. The Morgan fingerprint density at radius 2 is 1.48 bits per heavy atom. The summed E-state index contributed by atoms with van der Waals surface area (Å²) in [5.74, 6) is 0.286. The number of ketones is 1. The molecule has 0 saturated carbocycles. The number of allylic oxidation sites excluding steroid dienone is 2. The quantitative estimate of drug-likeness (QED) is 0.324. The molecule has 0 radical (unpaired) electrons. The van der Waals surface area contributed by atoms with Crippen LogP contribution >= 0.6 is 0 Å². The number of carbonyl (C=O) groups is 3. The number of imide groups is 1. The van der Waals surface area contributed by atoms with E-state index in [4.69, 9.17) is 20.4 Å². The van der Waals surface area contributed by atoms with Crippen molar-refractivity contribution in [2.75, 3.05) is 0 Å². The number of hydrogen-bond acceptors (Lipinski definition) is 7. The van der Waals surface area contributed by atoms with Gasteiger partial charge in [0, 0.05) is 6.42 Å². The van der Waals surface area contributed by atoms with Crippen LogP contribution < -0.4 is 16.8 Å². The molecule has 0 aromatic heterocycles. The van der Waals surface area contributed by atoms with Gasteiger partial charge in [0.05, 0.1) is 0 Å². The smallest absolute Gasteiger partial charge is 0.320 e. The average molecular weight is 327 g/mol. The number of urea groups is 2. The summed E-state index contributed by atoms with van der Waals surface area (Å²) in [6.45, 7) is 6.31. The van der Waals surface area contributed by atoms with Crippen molar-refractivity contribution in [2.45, 2.75) is 33.6 Å². The second kappa shape index (κ2) is 13.9. The molecule has 0 fully saturated rings. The zero-order chi connectivity index (χ0) is 19.1. The first kappa shape index (κ1) is 24.9. The van der Waals surface area contributed by atoms with E-state index in [2.05, 4.69) is 25.3 Å². The summed E-state index contributed by atoms with van der Waals surface area (Å²) < 4.78 is 0. The van der Waals surface area contributed by atoms with Crippen LogP contribution in [-0.4, -0.2) is 30.0 Å². The Morgan fingerprint density at radius 3 is 1.65 bits per heavy atom. The Hall–Kier alpha value is -3.09. The van der Waals surface area contributed by atoms with Crippen molar-refractivity contribution in [1.29, 1.82) is 10.8 Å². The van der Waals surface area contributed by atoms with Crippen molar-refractivity contribution in [1.82, 2.24) is 5.32 Å². The normalized spacial score (nSPS) is 13.5. The van der Waals surface area contributed by atoms with Crippen LogP contribution in [0.2, 0.25) is 0 Å². The topological polar surface area (TPSA) is 197 Å². The fourth-order valence-corrected chi connectivity index (χ4v) is 1.79. The predicted octanol–water partition coefficient (Wildman–Crippen LogP) is 0.857. The number of carbonyl (C=O) groups excluding carboxylic acids is 5. The zero-order valence-electron chi connectivity index (χ0n) is 13.2. The lowest BCUT2D eigenvalue weighted by Gasteiger charge is -2.27. The summed E-state index contributed by atoms with van der Waals surface area (Å²) in [5.41, 5.74) is 10.3. The van der Waals surface area contributed by atoms with Crippen LogP contribution in [0.3, 0.4) is 0 Å². The van der Waals surface area contributed by atoms with Gasteiger partial charge in [-0.15, -0.1) is 0 Å². The third kappa shape index (κ3) is 24.3. The van der Waals surface area contributed by atoms with Crippen LogP contribution in [0.25, 0.3) is 0 Å². The molecule has 0 aromatic carbocycles. The number of primary amides is 2. The van der Waals surface area contributed by atoms with E-state index in [1.165, 1.54) is 5.57 Å². The minimum absolute atomic E-state index is 0.204. The maximum atomic E-state index is 11.0. The second-order valence-corrected chi connectivity index (χ2v) is 5.03. The molecule has 128 valence electrons. The highest BCUT2D eigenvalue weighted by atomic mass is 16.2. The van der Waals surface area contributed by atoms with Crippen LogP contribution in [0.15, 0.2) is 11.6 Å². The van der Waals surface area contributed by atoms with Gasteiger partial charge in [-0.3, -0.25) is 10.1 Å². The monoisotopic (exact) mass is 327 g/mol. The van der Waals surface area contributed by atoms with E-state index in [0.29, 0.717) is 6.42 Å². The lowest BCUT2D eigenvalue weighted by atomic mass is 9.77. The molecule has 0 heterocycles. The van der Waals surface area contributed by atoms with Gasteiger partial charge in [-0.1, -0.05) is 19.4 Å². The van der Waals surface area contributed by atoms with Crippen molar-refractivity contribution < 1.29 is 24.0 Å². The average Bonchev–Trinajstić information content (AvgIpc) is 2.25. The third-order valence-electron chi connectivity index (χ3n) is 2.06. The lowest BCUT2D eigenvalue weighted by Crippen LogP contribution is -2.38. The lowest BCUT2D eigenvalue weighted by molar-refractivity contribution is -0.117. The Kier molecular flexibility index (Phi) is 15.0. The zero-order valence-corrected chi connectivity index (χ0v) is 13.2. The molecule has 0 atom stereocenters. The van der Waals surface area contributed by atoms with E-state index in [-0.39, 0.29) is 11.2 Å². The molecular weight excluding hydrogens is 306 g/mol. The second-order valence-electron chi connectivity index (χ2n) is 5.03. The highest BCUT2D eigenvalue weighted by Gasteiger charge is 2.25. The Labute approximate surface area is 133 Å². The highest BCUT2D eigenvalue weighted by Crippen LogP contribution is 2.32. The van der Waals surface area contributed by atoms with Crippen molar-refractivity contribution in [3.8, 4) is 0 Å². The van der Waals surface area contributed by atoms with Gasteiger partial charge < -0.3 is 11.5 Å². The minimum atomic E-state index is -0.938. The van der Waals surface area contributed by atoms with Gasteiger partial charge in [0.1, 0.15) is 0 Å². The molecule has 0 saturated heterocycles. The fraction of sp³-hybridized carbons (Fsp3) is 0.462. The minimum Gasteiger partial charge on any atom is -0.351 e. The molecule has 1 aliphatic rings. The van der Waals surface area contributed by atoms with Gasteiger partial charge in [0.25, 0.3) is 0 Å². The molecule has 1 rings (SSSR count). The highest BCUT2D eigenvalue weighted by molar-refractivity contribution is 5.92. The van der Waals surface area contributed by atoms with Gasteiger partial charge in [0.2, 0.25) is 12.2 Å². The van der Waals surface area contributed by atoms with E-state index in [0.717, 1.165) is 18.6 Å². The van der Waals surface area contributed by atoms with Crippen molar-refractivity contribution in [3.63, 3.8) is 0 Å². The number of amides is 4. The molecule has 0 unspecified atom stereocenters. The number of rotatable bonds is 0. The van der Waals surface area contributed by atoms with Crippen molar-refractivity contribution >= 4 is 30.0 Å². The van der Waals surface area contributed by atoms with E-state index in [1.54, 1.807) is 11.4 Å². The van der Waals surface area contributed by atoms with Gasteiger partial charge >= 0.3 is 12.1 Å². The maximum Gasteiger partial charge on any atom is 0.320 e. The summed E-state index contributed by atoms with van der Waals surface area (Å²) >= 11 is 0.